The molecule has 0 unspecified atom stereocenters. The molecule has 0 aliphatic carbocycles. The number of amides is 1. The maximum Gasteiger partial charge on any atom is 0.290 e. The normalized spacial score (nSPS) is 10.8. The molecular formula is C23H23N5O4S. The molecule has 170 valence electrons. The maximum atomic E-state index is 12.3. The zero-order valence-corrected chi connectivity index (χ0v) is 19.0. The average molecular weight is 466 g/mol. The van der Waals surface area contributed by atoms with Gasteiger partial charge in [0.25, 0.3) is 5.56 Å². The Morgan fingerprint density at radius 3 is 2.64 bits per heavy atom. The van der Waals surface area contributed by atoms with E-state index in [1.807, 2.05) is 36.4 Å². The van der Waals surface area contributed by atoms with Crippen LogP contribution in [0, 0.1) is 0 Å². The van der Waals surface area contributed by atoms with Crippen molar-refractivity contribution in [3.8, 4) is 22.8 Å². The number of nitrogens with one attached hydrogen (secondary N) is 2. The van der Waals surface area contributed by atoms with E-state index >= 15 is 0 Å². The van der Waals surface area contributed by atoms with Crippen LogP contribution in [0.4, 0.5) is 0 Å². The van der Waals surface area contributed by atoms with Gasteiger partial charge in [-0.2, -0.15) is 5.10 Å². The summed E-state index contributed by atoms with van der Waals surface area (Å²) in [5.41, 5.74) is 2.45. The smallest absolute Gasteiger partial charge is 0.290 e. The fourth-order valence-corrected chi connectivity index (χ4v) is 4.03. The van der Waals surface area contributed by atoms with Crippen molar-refractivity contribution in [1.82, 2.24) is 25.1 Å². The third kappa shape index (κ3) is 5.17. The van der Waals surface area contributed by atoms with Gasteiger partial charge in [0.1, 0.15) is 5.52 Å². The Hall–Kier alpha value is -3.79. The number of methoxy groups -OCH3 is 2. The van der Waals surface area contributed by atoms with Crippen LogP contribution in [0.1, 0.15) is 5.56 Å². The van der Waals surface area contributed by atoms with E-state index in [1.54, 1.807) is 32.4 Å². The van der Waals surface area contributed by atoms with Gasteiger partial charge in [0.05, 0.1) is 25.7 Å². The Labute approximate surface area is 194 Å². The van der Waals surface area contributed by atoms with Crippen molar-refractivity contribution in [1.29, 1.82) is 0 Å². The number of hydrogen-bond acceptors (Lipinski definition) is 7. The largest absolute Gasteiger partial charge is 0.493 e. The molecule has 2 aromatic heterocycles. The number of carbonyl (C=O) groups is 1. The van der Waals surface area contributed by atoms with Crippen molar-refractivity contribution in [3.05, 3.63) is 70.5 Å². The highest BCUT2D eigenvalue weighted by Gasteiger charge is 2.15. The Bertz CT molecular complexity index is 1320. The molecule has 0 saturated carbocycles. The van der Waals surface area contributed by atoms with Crippen molar-refractivity contribution in [2.45, 2.75) is 11.6 Å². The standard InChI is InChI=1S/C23H23N5O4S/c1-31-19-9-8-16(12-20(19)32-2)17-13-18-22(30)25-26-23(28(18)27-17)33-14-21(29)24-11-10-15-6-4-3-5-7-15/h3-9,12-13H,10-11,14H2,1-2H3,(H,24,29)(H,25,30). The summed E-state index contributed by atoms with van der Waals surface area (Å²) < 4.78 is 12.1. The number of benzene rings is 2. The lowest BCUT2D eigenvalue weighted by atomic mass is 10.1. The molecule has 0 fully saturated rings. The number of carbonyl (C=O) groups excluding carboxylic acids is 1. The number of nitrogens with zero attached hydrogens (tertiary/aromatic N) is 3. The maximum absolute atomic E-state index is 12.3. The van der Waals surface area contributed by atoms with Gasteiger partial charge < -0.3 is 14.8 Å². The van der Waals surface area contributed by atoms with Gasteiger partial charge in [-0.1, -0.05) is 42.1 Å². The lowest BCUT2D eigenvalue weighted by Crippen LogP contribution is -2.27. The second-order valence-corrected chi connectivity index (χ2v) is 8.05. The van der Waals surface area contributed by atoms with E-state index in [-0.39, 0.29) is 17.2 Å². The Morgan fingerprint density at radius 1 is 1.09 bits per heavy atom. The molecule has 0 spiro atoms. The number of hydrogen-bond donors (Lipinski definition) is 2. The van der Waals surface area contributed by atoms with Crippen LogP contribution in [0.2, 0.25) is 0 Å². The second kappa shape index (κ2) is 10.2. The molecule has 2 N–H and O–H groups in total. The number of aromatic nitrogens is 4. The number of aromatic amines is 1. The van der Waals surface area contributed by atoms with Crippen molar-refractivity contribution in [3.63, 3.8) is 0 Å². The molecule has 1 amide bonds. The van der Waals surface area contributed by atoms with Gasteiger partial charge in [-0.05, 0) is 36.2 Å². The fourth-order valence-electron chi connectivity index (χ4n) is 3.29. The lowest BCUT2D eigenvalue weighted by molar-refractivity contribution is -0.118. The minimum Gasteiger partial charge on any atom is -0.493 e. The number of ether oxygens (including phenoxy) is 2. The first-order valence-electron chi connectivity index (χ1n) is 10.2. The average Bonchev–Trinajstić information content (AvgIpc) is 3.30. The highest BCUT2D eigenvalue weighted by molar-refractivity contribution is 7.99. The van der Waals surface area contributed by atoms with Crippen LogP contribution in [0.3, 0.4) is 0 Å². The first-order valence-corrected chi connectivity index (χ1v) is 11.2. The summed E-state index contributed by atoms with van der Waals surface area (Å²) in [6.45, 7) is 0.545. The van der Waals surface area contributed by atoms with Crippen LogP contribution in [0.5, 0.6) is 11.5 Å². The summed E-state index contributed by atoms with van der Waals surface area (Å²) in [5.74, 6) is 1.18. The Balaban J connectivity index is 1.47. The summed E-state index contributed by atoms with van der Waals surface area (Å²) in [6.07, 6.45) is 0.756. The first kappa shape index (κ1) is 22.4. The summed E-state index contributed by atoms with van der Waals surface area (Å²) in [6, 6.07) is 17.0. The van der Waals surface area contributed by atoms with Gasteiger partial charge in [-0.15, -0.1) is 5.10 Å². The van der Waals surface area contributed by atoms with Crippen molar-refractivity contribution in [2.75, 3.05) is 26.5 Å². The molecule has 0 aliphatic rings. The number of rotatable bonds is 9. The predicted octanol–water partition coefficient (Wildman–Crippen LogP) is 2.55. The van der Waals surface area contributed by atoms with Crippen molar-refractivity contribution < 1.29 is 14.3 Å². The van der Waals surface area contributed by atoms with Crippen LogP contribution < -0.4 is 20.3 Å². The summed E-state index contributed by atoms with van der Waals surface area (Å²) in [5, 5.41) is 14.4. The zero-order chi connectivity index (χ0) is 23.2. The molecule has 33 heavy (non-hydrogen) atoms. The summed E-state index contributed by atoms with van der Waals surface area (Å²) in [4.78, 5) is 24.6. The van der Waals surface area contributed by atoms with Crippen LogP contribution in [-0.4, -0.2) is 52.2 Å². The Kier molecular flexibility index (Phi) is 6.94. The van der Waals surface area contributed by atoms with Crippen molar-refractivity contribution >= 4 is 23.2 Å². The third-order valence-corrected chi connectivity index (χ3v) is 5.90. The van der Waals surface area contributed by atoms with E-state index in [1.165, 1.54) is 16.3 Å². The second-order valence-electron chi connectivity index (χ2n) is 7.11. The first-order chi connectivity index (χ1) is 16.1. The number of H-pyrrole nitrogens is 1. The summed E-state index contributed by atoms with van der Waals surface area (Å²) in [7, 11) is 3.12. The van der Waals surface area contributed by atoms with Crippen molar-refractivity contribution in [2.24, 2.45) is 0 Å². The van der Waals surface area contributed by atoms with Gasteiger partial charge in [0.2, 0.25) is 11.1 Å². The molecule has 2 heterocycles. The highest BCUT2D eigenvalue weighted by atomic mass is 32.2. The van der Waals surface area contributed by atoms with Gasteiger partial charge >= 0.3 is 0 Å². The predicted molar refractivity (Wildman–Crippen MR) is 126 cm³/mol. The third-order valence-electron chi connectivity index (χ3n) is 4.97. The highest BCUT2D eigenvalue weighted by Crippen LogP contribution is 2.32. The molecule has 0 saturated heterocycles. The molecule has 4 rings (SSSR count). The summed E-state index contributed by atoms with van der Waals surface area (Å²) >= 11 is 1.20. The van der Waals surface area contributed by atoms with E-state index < -0.39 is 0 Å². The Morgan fingerprint density at radius 2 is 1.88 bits per heavy atom. The van der Waals surface area contributed by atoms with E-state index in [0.29, 0.717) is 34.4 Å². The van der Waals surface area contributed by atoms with E-state index in [9.17, 15) is 9.59 Å². The zero-order valence-electron chi connectivity index (χ0n) is 18.2. The van der Waals surface area contributed by atoms with E-state index in [2.05, 4.69) is 20.6 Å². The minimum atomic E-state index is -0.370. The molecular weight excluding hydrogens is 442 g/mol. The molecule has 10 heteroatoms. The molecule has 0 atom stereocenters. The molecule has 2 aromatic carbocycles. The molecule has 0 aliphatic heterocycles. The molecule has 0 bridgehead atoms. The van der Waals surface area contributed by atoms with Gasteiger partial charge in [0.15, 0.2) is 11.5 Å². The molecule has 4 aromatic rings. The SMILES string of the molecule is COc1ccc(-c2cc3c(=O)[nH]nc(SCC(=O)NCCc4ccccc4)n3n2)cc1OC. The monoisotopic (exact) mass is 465 g/mol. The van der Waals surface area contributed by atoms with E-state index in [0.717, 1.165) is 17.5 Å². The molecule has 0 radical (unpaired) electrons. The molecule has 9 nitrogen and oxygen atoms in total. The minimum absolute atomic E-state index is 0.121. The van der Waals surface area contributed by atoms with E-state index in [4.69, 9.17) is 9.47 Å². The van der Waals surface area contributed by atoms with Crippen LogP contribution in [-0.2, 0) is 11.2 Å². The van der Waals surface area contributed by atoms with Gasteiger partial charge in [-0.25, -0.2) is 9.61 Å². The number of fused-ring (bicyclic) bond motifs is 1. The van der Waals surface area contributed by atoms with Crippen LogP contribution >= 0.6 is 11.8 Å². The van der Waals surface area contributed by atoms with Crippen LogP contribution in [0.15, 0.2) is 64.5 Å². The fraction of sp³-hybridized carbons (Fsp3) is 0.217. The van der Waals surface area contributed by atoms with Gasteiger partial charge in [0, 0.05) is 12.1 Å². The quantitative estimate of drug-likeness (QED) is 0.366. The van der Waals surface area contributed by atoms with Gasteiger partial charge in [-0.3, -0.25) is 9.59 Å². The number of thioether (sulfide) groups is 1. The van der Waals surface area contributed by atoms with Crippen LogP contribution in [0.25, 0.3) is 16.8 Å². The topological polar surface area (TPSA) is 111 Å². The lowest BCUT2D eigenvalue weighted by Gasteiger charge is -2.08.